The number of ketones is 1. The fourth-order valence-corrected chi connectivity index (χ4v) is 2.68. The van der Waals surface area contributed by atoms with E-state index >= 15 is 0 Å². The molecule has 0 amide bonds. The van der Waals surface area contributed by atoms with E-state index in [-0.39, 0.29) is 17.6 Å². The molecule has 0 aliphatic carbocycles. The van der Waals surface area contributed by atoms with Crippen LogP contribution in [0, 0.1) is 0 Å². The molecule has 0 spiro atoms. The average Bonchev–Trinajstić information content (AvgIpc) is 2.53. The average molecular weight is 312 g/mol. The summed E-state index contributed by atoms with van der Waals surface area (Å²) >= 11 is 0. The van der Waals surface area contributed by atoms with E-state index in [4.69, 9.17) is 4.74 Å². The number of hydrogen-bond donors (Lipinski definition) is 1. The van der Waals surface area contributed by atoms with E-state index in [1.807, 2.05) is 39.8 Å². The van der Waals surface area contributed by atoms with Crippen LogP contribution >= 0.6 is 0 Å². The van der Waals surface area contributed by atoms with Crippen LogP contribution in [-0.4, -0.2) is 18.0 Å². The molecule has 0 fully saturated rings. The Morgan fingerprint density at radius 2 is 1.52 bits per heavy atom. The monoisotopic (exact) mass is 312 g/mol. The predicted octanol–water partition coefficient (Wildman–Crippen LogP) is 4.88. The van der Waals surface area contributed by atoms with E-state index in [2.05, 4.69) is 0 Å². The van der Waals surface area contributed by atoms with Gasteiger partial charge in [-0.15, -0.1) is 0 Å². The van der Waals surface area contributed by atoms with Gasteiger partial charge in [-0.3, -0.25) is 4.79 Å². The van der Waals surface area contributed by atoms with Crippen molar-refractivity contribution in [3.63, 3.8) is 0 Å². The SMILES string of the molecule is COc1ccccc1C(=O)c1cc(C(C)C)c(O)c(C(C)C)c1. The van der Waals surface area contributed by atoms with Crippen molar-refractivity contribution in [3.8, 4) is 11.5 Å². The molecule has 122 valence electrons. The Kier molecular flexibility index (Phi) is 5.09. The predicted molar refractivity (Wildman–Crippen MR) is 92.7 cm³/mol. The van der Waals surface area contributed by atoms with Crippen molar-refractivity contribution >= 4 is 5.78 Å². The molecule has 0 atom stereocenters. The van der Waals surface area contributed by atoms with Crippen LogP contribution in [0.5, 0.6) is 11.5 Å². The Morgan fingerprint density at radius 3 is 2.00 bits per heavy atom. The molecule has 0 unspecified atom stereocenters. The quantitative estimate of drug-likeness (QED) is 0.800. The summed E-state index contributed by atoms with van der Waals surface area (Å²) in [5.74, 6) is 1.04. The van der Waals surface area contributed by atoms with E-state index in [9.17, 15) is 9.90 Å². The van der Waals surface area contributed by atoms with E-state index in [0.29, 0.717) is 22.6 Å². The van der Waals surface area contributed by atoms with Crippen molar-refractivity contribution in [3.05, 3.63) is 58.7 Å². The molecule has 0 radical (unpaired) electrons. The minimum atomic E-state index is -0.0914. The third kappa shape index (κ3) is 3.39. The lowest BCUT2D eigenvalue weighted by Gasteiger charge is -2.17. The number of carbonyl (C=O) groups is 1. The molecule has 3 heteroatoms. The van der Waals surface area contributed by atoms with E-state index in [0.717, 1.165) is 11.1 Å². The molecule has 0 aliphatic heterocycles. The van der Waals surface area contributed by atoms with Crippen LogP contribution in [0.25, 0.3) is 0 Å². The zero-order valence-electron chi connectivity index (χ0n) is 14.4. The fraction of sp³-hybridized carbons (Fsp3) is 0.350. The summed E-state index contributed by atoms with van der Waals surface area (Å²) in [7, 11) is 1.56. The van der Waals surface area contributed by atoms with Gasteiger partial charge < -0.3 is 9.84 Å². The molecule has 2 aromatic carbocycles. The Balaban J connectivity index is 2.61. The second kappa shape index (κ2) is 6.86. The maximum atomic E-state index is 12.9. The molecule has 0 heterocycles. The number of para-hydroxylation sites is 1. The lowest BCUT2D eigenvalue weighted by atomic mass is 9.89. The van der Waals surface area contributed by atoms with Gasteiger partial charge in [0, 0.05) is 5.56 Å². The minimum Gasteiger partial charge on any atom is -0.507 e. The molecule has 0 saturated heterocycles. The highest BCUT2D eigenvalue weighted by atomic mass is 16.5. The molecule has 23 heavy (non-hydrogen) atoms. The first-order valence-corrected chi connectivity index (χ1v) is 7.91. The second-order valence-electron chi connectivity index (χ2n) is 6.34. The third-order valence-corrected chi connectivity index (χ3v) is 4.03. The van der Waals surface area contributed by atoms with Gasteiger partial charge in [-0.25, -0.2) is 0 Å². The second-order valence-corrected chi connectivity index (χ2v) is 6.34. The van der Waals surface area contributed by atoms with E-state index in [1.54, 1.807) is 31.4 Å². The van der Waals surface area contributed by atoms with Crippen LogP contribution in [0.15, 0.2) is 36.4 Å². The molecule has 0 aromatic heterocycles. The molecule has 1 N–H and O–H groups in total. The summed E-state index contributed by atoms with van der Waals surface area (Å²) in [5.41, 5.74) is 2.72. The van der Waals surface area contributed by atoms with Gasteiger partial charge >= 0.3 is 0 Å². The number of benzene rings is 2. The lowest BCUT2D eigenvalue weighted by Crippen LogP contribution is -2.07. The largest absolute Gasteiger partial charge is 0.507 e. The van der Waals surface area contributed by atoms with Crippen LogP contribution < -0.4 is 4.74 Å². The third-order valence-electron chi connectivity index (χ3n) is 4.03. The summed E-state index contributed by atoms with van der Waals surface area (Å²) in [5, 5.41) is 10.5. The highest BCUT2D eigenvalue weighted by Crippen LogP contribution is 2.35. The maximum absolute atomic E-state index is 12.9. The van der Waals surface area contributed by atoms with Gasteiger partial charge in [-0.2, -0.15) is 0 Å². The summed E-state index contributed by atoms with van der Waals surface area (Å²) in [6.45, 7) is 8.04. The van der Waals surface area contributed by atoms with Gasteiger partial charge in [-0.1, -0.05) is 39.8 Å². The number of ether oxygens (including phenoxy) is 1. The number of phenols is 1. The standard InChI is InChI=1S/C20H24O3/c1-12(2)16-10-14(11-17(13(3)4)20(16)22)19(21)15-8-6-7-9-18(15)23-5/h6-13,22H,1-5H3. The normalized spacial score (nSPS) is 11.1. The molecular formula is C20H24O3. The number of rotatable bonds is 5. The van der Waals surface area contributed by atoms with Crippen LogP contribution in [0.4, 0.5) is 0 Å². The highest BCUT2D eigenvalue weighted by Gasteiger charge is 2.20. The first-order valence-electron chi connectivity index (χ1n) is 7.91. The lowest BCUT2D eigenvalue weighted by molar-refractivity contribution is 0.103. The molecule has 0 bridgehead atoms. The topological polar surface area (TPSA) is 46.5 Å². The molecule has 0 saturated carbocycles. The Morgan fingerprint density at radius 1 is 1.00 bits per heavy atom. The van der Waals surface area contributed by atoms with Crippen LogP contribution in [0.1, 0.15) is 66.6 Å². The molecule has 0 aliphatic rings. The summed E-state index contributed by atoms with van der Waals surface area (Å²) in [4.78, 5) is 12.9. The van der Waals surface area contributed by atoms with Crippen molar-refractivity contribution in [2.45, 2.75) is 39.5 Å². The molecule has 3 nitrogen and oxygen atoms in total. The Hall–Kier alpha value is -2.29. The van der Waals surface area contributed by atoms with Crippen LogP contribution in [0.3, 0.4) is 0 Å². The number of phenolic OH excluding ortho intramolecular Hbond substituents is 1. The highest BCUT2D eigenvalue weighted by molar-refractivity contribution is 6.11. The van der Waals surface area contributed by atoms with Crippen molar-refractivity contribution < 1.29 is 14.6 Å². The van der Waals surface area contributed by atoms with E-state index in [1.165, 1.54) is 0 Å². The van der Waals surface area contributed by atoms with Gasteiger partial charge in [0.05, 0.1) is 12.7 Å². The van der Waals surface area contributed by atoms with Crippen molar-refractivity contribution in [2.24, 2.45) is 0 Å². The summed E-state index contributed by atoms with van der Waals surface area (Å²) in [6, 6.07) is 10.8. The molecular weight excluding hydrogens is 288 g/mol. The fourth-order valence-electron chi connectivity index (χ4n) is 2.68. The zero-order valence-corrected chi connectivity index (χ0v) is 14.4. The van der Waals surface area contributed by atoms with E-state index < -0.39 is 0 Å². The summed E-state index contributed by atoms with van der Waals surface area (Å²) < 4.78 is 5.30. The molecule has 2 rings (SSSR count). The summed E-state index contributed by atoms with van der Waals surface area (Å²) in [6.07, 6.45) is 0. The maximum Gasteiger partial charge on any atom is 0.196 e. The zero-order chi connectivity index (χ0) is 17.1. The van der Waals surface area contributed by atoms with Crippen molar-refractivity contribution in [1.82, 2.24) is 0 Å². The number of hydrogen-bond acceptors (Lipinski definition) is 3. The van der Waals surface area contributed by atoms with Crippen LogP contribution in [-0.2, 0) is 0 Å². The minimum absolute atomic E-state index is 0.0914. The van der Waals surface area contributed by atoms with Crippen molar-refractivity contribution in [2.75, 3.05) is 7.11 Å². The number of carbonyl (C=O) groups excluding carboxylic acids is 1. The molecule has 2 aromatic rings. The number of aromatic hydroxyl groups is 1. The number of methoxy groups -OCH3 is 1. The van der Waals surface area contributed by atoms with Gasteiger partial charge in [0.1, 0.15) is 11.5 Å². The van der Waals surface area contributed by atoms with Gasteiger partial charge in [0.2, 0.25) is 0 Å². The van der Waals surface area contributed by atoms with Gasteiger partial charge in [-0.05, 0) is 47.2 Å². The van der Waals surface area contributed by atoms with Crippen LogP contribution in [0.2, 0.25) is 0 Å². The van der Waals surface area contributed by atoms with Gasteiger partial charge in [0.15, 0.2) is 5.78 Å². The first-order chi connectivity index (χ1) is 10.9. The Bertz CT molecular complexity index is 686. The Labute approximate surface area is 137 Å². The van der Waals surface area contributed by atoms with Gasteiger partial charge in [0.25, 0.3) is 0 Å². The van der Waals surface area contributed by atoms with Crippen molar-refractivity contribution in [1.29, 1.82) is 0 Å². The first kappa shape index (κ1) is 17.1. The smallest absolute Gasteiger partial charge is 0.196 e.